The van der Waals surface area contributed by atoms with Gasteiger partial charge in [-0.3, -0.25) is 4.72 Å². The van der Waals surface area contributed by atoms with Crippen molar-refractivity contribution in [3.05, 3.63) is 96.1 Å². The summed E-state index contributed by atoms with van der Waals surface area (Å²) < 4.78 is 56.6. The molecule has 0 spiro atoms. The predicted molar refractivity (Wildman–Crippen MR) is 121 cm³/mol. The van der Waals surface area contributed by atoms with Crippen LogP contribution in [0.4, 0.5) is 10.1 Å². The summed E-state index contributed by atoms with van der Waals surface area (Å²) in [6, 6.07) is 17.5. The van der Waals surface area contributed by atoms with Gasteiger partial charge in [0.1, 0.15) is 30.1 Å². The van der Waals surface area contributed by atoms with Crippen LogP contribution >= 0.6 is 0 Å². The second kappa shape index (κ2) is 9.75. The van der Waals surface area contributed by atoms with Crippen LogP contribution in [0.25, 0.3) is 11.5 Å². The zero-order valence-corrected chi connectivity index (χ0v) is 18.7. The van der Waals surface area contributed by atoms with Gasteiger partial charge in [-0.1, -0.05) is 6.07 Å². The molecule has 1 aromatic heterocycles. The summed E-state index contributed by atoms with van der Waals surface area (Å²) in [6.07, 6.45) is 1.33. The van der Waals surface area contributed by atoms with E-state index in [9.17, 15) is 17.6 Å². The molecule has 8 nitrogen and oxygen atoms in total. The summed E-state index contributed by atoms with van der Waals surface area (Å²) in [5.74, 6) is -0.269. The Labute approximate surface area is 195 Å². The maximum atomic E-state index is 13.1. The van der Waals surface area contributed by atoms with Crippen LogP contribution in [0, 0.1) is 5.82 Å². The molecular weight excluding hydrogens is 463 g/mol. The molecule has 174 valence electrons. The average Bonchev–Trinajstić information content (AvgIpc) is 3.32. The van der Waals surface area contributed by atoms with Crippen LogP contribution in [0.5, 0.6) is 5.75 Å². The Morgan fingerprint density at radius 3 is 2.50 bits per heavy atom. The molecule has 0 bridgehead atoms. The van der Waals surface area contributed by atoms with Crippen LogP contribution in [0.15, 0.2) is 88.4 Å². The fraction of sp³-hybridized carbons (Fsp3) is 0.0833. The Bertz CT molecular complexity index is 1400. The molecule has 0 amide bonds. The summed E-state index contributed by atoms with van der Waals surface area (Å²) >= 11 is 0. The van der Waals surface area contributed by atoms with E-state index in [0.717, 1.165) is 0 Å². The van der Waals surface area contributed by atoms with Crippen LogP contribution in [0.3, 0.4) is 0 Å². The van der Waals surface area contributed by atoms with Crippen molar-refractivity contribution in [1.29, 1.82) is 0 Å². The number of carbonyl (C=O) groups excluding carboxylic acids is 1. The van der Waals surface area contributed by atoms with Gasteiger partial charge in [-0.05, 0) is 66.7 Å². The number of oxazole rings is 1. The Hall–Kier alpha value is -4.18. The molecule has 1 heterocycles. The number of hydrogen-bond donors (Lipinski definition) is 1. The maximum Gasteiger partial charge on any atom is 0.338 e. The normalized spacial score (nSPS) is 11.1. The van der Waals surface area contributed by atoms with E-state index in [-0.39, 0.29) is 28.8 Å². The largest absolute Gasteiger partial charge is 0.497 e. The molecule has 0 saturated carbocycles. The number of benzene rings is 3. The van der Waals surface area contributed by atoms with Gasteiger partial charge in [0.2, 0.25) is 5.89 Å². The first kappa shape index (κ1) is 23.0. The second-order valence-electron chi connectivity index (χ2n) is 7.09. The van der Waals surface area contributed by atoms with Gasteiger partial charge < -0.3 is 13.9 Å². The SMILES string of the molecule is COc1ccc(NS(=O)(=O)c2cccc(C(=O)OCc3coc(-c4ccc(F)cc4)n3)c2)cc1. The lowest BCUT2D eigenvalue weighted by molar-refractivity contribution is 0.0467. The number of ether oxygens (including phenoxy) is 2. The number of aromatic nitrogens is 1. The molecule has 4 aromatic rings. The van der Waals surface area contributed by atoms with Crippen LogP contribution in [0.2, 0.25) is 0 Å². The predicted octanol–water partition coefficient (Wildman–Crippen LogP) is 4.65. The van der Waals surface area contributed by atoms with Gasteiger partial charge in [-0.15, -0.1) is 0 Å². The topological polar surface area (TPSA) is 108 Å². The number of esters is 1. The van der Waals surface area contributed by atoms with Gasteiger partial charge in [0, 0.05) is 11.3 Å². The number of hydrogen-bond acceptors (Lipinski definition) is 7. The third kappa shape index (κ3) is 5.41. The zero-order valence-electron chi connectivity index (χ0n) is 17.9. The standard InChI is InChI=1S/C24H19FN2O6S/c1-31-21-11-9-19(10-12-21)27-34(29,30)22-4-2-3-17(13-22)24(28)33-15-20-14-32-23(26-20)16-5-7-18(25)8-6-16/h2-14,27H,15H2,1H3. The van der Waals surface area contributed by atoms with E-state index in [0.29, 0.717) is 22.7 Å². The number of rotatable bonds is 8. The van der Waals surface area contributed by atoms with Crippen LogP contribution in [0.1, 0.15) is 16.1 Å². The molecule has 0 unspecified atom stereocenters. The van der Waals surface area contributed by atoms with Crippen molar-refractivity contribution in [2.45, 2.75) is 11.5 Å². The number of sulfonamides is 1. The fourth-order valence-electron chi connectivity index (χ4n) is 2.98. The van der Waals surface area contributed by atoms with Crippen molar-refractivity contribution in [1.82, 2.24) is 4.98 Å². The van der Waals surface area contributed by atoms with Gasteiger partial charge in [-0.25, -0.2) is 22.6 Å². The monoisotopic (exact) mass is 482 g/mol. The molecule has 0 saturated heterocycles. The number of nitrogens with one attached hydrogen (secondary N) is 1. The molecule has 34 heavy (non-hydrogen) atoms. The van der Waals surface area contributed by atoms with Crippen molar-refractivity contribution >= 4 is 21.7 Å². The van der Waals surface area contributed by atoms with E-state index in [4.69, 9.17) is 13.9 Å². The smallest absolute Gasteiger partial charge is 0.338 e. The van der Waals surface area contributed by atoms with Crippen molar-refractivity contribution in [2.24, 2.45) is 0 Å². The molecule has 0 aliphatic heterocycles. The summed E-state index contributed by atoms with van der Waals surface area (Å²) in [6.45, 7) is -0.190. The highest BCUT2D eigenvalue weighted by Gasteiger charge is 2.18. The number of halogens is 1. The van der Waals surface area contributed by atoms with E-state index >= 15 is 0 Å². The lowest BCUT2D eigenvalue weighted by atomic mass is 10.2. The lowest BCUT2D eigenvalue weighted by Crippen LogP contribution is -2.14. The Kier molecular flexibility index (Phi) is 6.60. The van der Waals surface area contributed by atoms with E-state index in [2.05, 4.69) is 9.71 Å². The van der Waals surface area contributed by atoms with Gasteiger partial charge >= 0.3 is 5.97 Å². The highest BCUT2D eigenvalue weighted by molar-refractivity contribution is 7.92. The third-order valence-electron chi connectivity index (χ3n) is 4.72. The highest BCUT2D eigenvalue weighted by Crippen LogP contribution is 2.21. The average molecular weight is 482 g/mol. The molecule has 4 rings (SSSR count). The molecule has 0 atom stereocenters. The van der Waals surface area contributed by atoms with E-state index in [1.165, 1.54) is 61.9 Å². The highest BCUT2D eigenvalue weighted by atomic mass is 32.2. The first-order valence-electron chi connectivity index (χ1n) is 9.98. The quantitative estimate of drug-likeness (QED) is 0.364. The van der Waals surface area contributed by atoms with Crippen LogP contribution in [-0.2, 0) is 21.4 Å². The summed E-state index contributed by atoms with van der Waals surface area (Å²) in [4.78, 5) is 16.6. The third-order valence-corrected chi connectivity index (χ3v) is 6.10. The van der Waals surface area contributed by atoms with Crippen molar-refractivity contribution < 1.29 is 31.5 Å². The lowest BCUT2D eigenvalue weighted by Gasteiger charge is -2.10. The summed E-state index contributed by atoms with van der Waals surface area (Å²) in [7, 11) is -2.43. The Morgan fingerprint density at radius 2 is 1.79 bits per heavy atom. The van der Waals surface area contributed by atoms with Crippen LogP contribution in [-0.4, -0.2) is 26.5 Å². The zero-order chi connectivity index (χ0) is 24.1. The van der Waals surface area contributed by atoms with Gasteiger partial charge in [-0.2, -0.15) is 0 Å². The minimum Gasteiger partial charge on any atom is -0.497 e. The van der Waals surface area contributed by atoms with E-state index < -0.39 is 16.0 Å². The van der Waals surface area contributed by atoms with Crippen molar-refractivity contribution in [3.63, 3.8) is 0 Å². The minimum absolute atomic E-state index is 0.0554. The molecule has 1 N–H and O–H groups in total. The molecular formula is C24H19FN2O6S. The number of nitrogens with zero attached hydrogens (tertiary/aromatic N) is 1. The Balaban J connectivity index is 1.42. The first-order valence-corrected chi connectivity index (χ1v) is 11.5. The number of methoxy groups -OCH3 is 1. The second-order valence-corrected chi connectivity index (χ2v) is 8.77. The Morgan fingerprint density at radius 1 is 1.06 bits per heavy atom. The minimum atomic E-state index is -3.94. The summed E-state index contributed by atoms with van der Waals surface area (Å²) in [5.41, 5.74) is 1.32. The fourth-order valence-corrected chi connectivity index (χ4v) is 4.09. The number of carbonyl (C=O) groups is 1. The van der Waals surface area contributed by atoms with Gasteiger partial charge in [0.05, 0.1) is 17.6 Å². The molecule has 3 aromatic carbocycles. The number of anilines is 1. The van der Waals surface area contributed by atoms with Gasteiger partial charge in [0.25, 0.3) is 10.0 Å². The van der Waals surface area contributed by atoms with Crippen molar-refractivity contribution in [3.8, 4) is 17.2 Å². The first-order chi connectivity index (χ1) is 16.3. The van der Waals surface area contributed by atoms with Crippen LogP contribution < -0.4 is 9.46 Å². The molecule has 0 radical (unpaired) electrons. The molecule has 0 aliphatic rings. The van der Waals surface area contributed by atoms with E-state index in [1.54, 1.807) is 24.3 Å². The molecule has 0 fully saturated rings. The molecule has 10 heteroatoms. The van der Waals surface area contributed by atoms with Gasteiger partial charge in [0.15, 0.2) is 0 Å². The van der Waals surface area contributed by atoms with Crippen molar-refractivity contribution in [2.75, 3.05) is 11.8 Å². The van der Waals surface area contributed by atoms with E-state index in [1.807, 2.05) is 0 Å². The maximum absolute atomic E-state index is 13.1. The molecule has 0 aliphatic carbocycles. The summed E-state index contributed by atoms with van der Waals surface area (Å²) in [5, 5.41) is 0.